The van der Waals surface area contributed by atoms with Crippen LogP contribution in [0.15, 0.2) is 30.3 Å². The number of likely N-dealkylation sites (tertiary alicyclic amines) is 1. The van der Waals surface area contributed by atoms with Crippen LogP contribution in [-0.2, 0) is 9.53 Å². The number of anilines is 1. The van der Waals surface area contributed by atoms with Crippen LogP contribution >= 0.6 is 12.4 Å². The summed E-state index contributed by atoms with van der Waals surface area (Å²) < 4.78 is 5.44. The molecule has 0 bridgehead atoms. The molecule has 1 amide bonds. The lowest BCUT2D eigenvalue weighted by Crippen LogP contribution is -2.52. The van der Waals surface area contributed by atoms with Crippen LogP contribution in [0, 0.1) is 0 Å². The molecule has 130 valence electrons. The van der Waals surface area contributed by atoms with E-state index in [4.69, 9.17) is 10.5 Å². The van der Waals surface area contributed by atoms with Crippen LogP contribution in [0.3, 0.4) is 0 Å². The first-order valence-corrected chi connectivity index (χ1v) is 8.01. The Morgan fingerprint density at radius 1 is 1.39 bits per heavy atom. The summed E-state index contributed by atoms with van der Waals surface area (Å²) in [6.07, 6.45) is 2.12. The Kier molecular flexibility index (Phi) is 8.55. The Morgan fingerprint density at radius 2 is 2.09 bits per heavy atom. The van der Waals surface area contributed by atoms with Crippen LogP contribution in [0.5, 0.6) is 0 Å². The van der Waals surface area contributed by atoms with Gasteiger partial charge in [0.25, 0.3) is 0 Å². The maximum atomic E-state index is 12.7. The summed E-state index contributed by atoms with van der Waals surface area (Å²) in [7, 11) is 1.74. The van der Waals surface area contributed by atoms with Crippen LogP contribution in [0.1, 0.15) is 19.8 Å². The summed E-state index contributed by atoms with van der Waals surface area (Å²) in [6.45, 7) is 4.51. The summed E-state index contributed by atoms with van der Waals surface area (Å²) in [6, 6.07) is 10.0. The van der Waals surface area contributed by atoms with E-state index in [0.29, 0.717) is 19.6 Å². The molecule has 1 fully saturated rings. The molecular formula is C17H28ClN3O2. The fraction of sp³-hybridized carbons (Fsp3) is 0.588. The predicted octanol–water partition coefficient (Wildman–Crippen LogP) is 1.90. The van der Waals surface area contributed by atoms with Gasteiger partial charge in [0.15, 0.2) is 0 Å². The molecule has 1 aliphatic rings. The molecule has 6 heteroatoms. The summed E-state index contributed by atoms with van der Waals surface area (Å²) in [5.74, 6) is 0.128. The van der Waals surface area contributed by atoms with Crippen LogP contribution in [0.25, 0.3) is 0 Å². The monoisotopic (exact) mass is 341 g/mol. The molecule has 23 heavy (non-hydrogen) atoms. The number of carbonyl (C=O) groups excluding carboxylic acids is 1. The molecule has 5 nitrogen and oxygen atoms in total. The number of piperidine rings is 1. The van der Waals surface area contributed by atoms with Gasteiger partial charge in [-0.1, -0.05) is 18.2 Å². The average Bonchev–Trinajstić information content (AvgIpc) is 2.57. The van der Waals surface area contributed by atoms with Crippen LogP contribution in [-0.4, -0.2) is 56.2 Å². The van der Waals surface area contributed by atoms with Gasteiger partial charge in [-0.2, -0.15) is 0 Å². The van der Waals surface area contributed by atoms with E-state index in [2.05, 4.69) is 4.90 Å². The zero-order valence-corrected chi connectivity index (χ0v) is 14.8. The number of halogens is 1. The number of amides is 1. The number of hydrogen-bond donors (Lipinski definition) is 1. The Labute approximate surface area is 145 Å². The highest BCUT2D eigenvalue weighted by Crippen LogP contribution is 2.20. The number of benzene rings is 1. The number of carbonyl (C=O) groups is 1. The van der Waals surface area contributed by atoms with Crippen molar-refractivity contribution >= 4 is 24.0 Å². The van der Waals surface area contributed by atoms with Gasteiger partial charge in [0.05, 0.1) is 12.6 Å². The number of likely N-dealkylation sites (N-methyl/N-ethyl adjacent to an activating group) is 1. The first-order chi connectivity index (χ1) is 10.7. The minimum Gasteiger partial charge on any atom is -0.381 e. The molecule has 2 rings (SSSR count). The summed E-state index contributed by atoms with van der Waals surface area (Å²) in [5, 5.41) is 0. The average molecular weight is 342 g/mol. The van der Waals surface area contributed by atoms with Crippen molar-refractivity contribution < 1.29 is 9.53 Å². The highest BCUT2D eigenvalue weighted by atomic mass is 35.5. The van der Waals surface area contributed by atoms with Crippen molar-refractivity contribution in [3.8, 4) is 0 Å². The highest BCUT2D eigenvalue weighted by Gasteiger charge is 2.29. The minimum atomic E-state index is 0. The molecule has 1 saturated heterocycles. The summed E-state index contributed by atoms with van der Waals surface area (Å²) in [5.41, 5.74) is 6.83. The third-order valence-corrected chi connectivity index (χ3v) is 4.42. The first-order valence-electron chi connectivity index (χ1n) is 8.01. The van der Waals surface area contributed by atoms with E-state index in [1.807, 2.05) is 42.2 Å². The lowest BCUT2D eigenvalue weighted by Gasteiger charge is -2.38. The van der Waals surface area contributed by atoms with Gasteiger partial charge in [-0.3, -0.25) is 9.69 Å². The fourth-order valence-corrected chi connectivity index (χ4v) is 3.10. The molecule has 2 unspecified atom stereocenters. The molecule has 1 aromatic carbocycles. The maximum absolute atomic E-state index is 12.7. The number of para-hydroxylation sites is 1. The zero-order chi connectivity index (χ0) is 15.9. The predicted molar refractivity (Wildman–Crippen MR) is 96.2 cm³/mol. The van der Waals surface area contributed by atoms with Gasteiger partial charge < -0.3 is 15.4 Å². The molecule has 0 saturated carbocycles. The second-order valence-corrected chi connectivity index (χ2v) is 5.72. The topological polar surface area (TPSA) is 58.8 Å². The Bertz CT molecular complexity index is 472. The third-order valence-electron chi connectivity index (χ3n) is 4.42. The molecule has 0 aromatic heterocycles. The van der Waals surface area contributed by atoms with Gasteiger partial charge in [0.2, 0.25) is 5.91 Å². The first kappa shape index (κ1) is 19.9. The van der Waals surface area contributed by atoms with Crippen molar-refractivity contribution in [2.24, 2.45) is 5.73 Å². The standard InChI is InChI=1S/C17H27N3O2.ClH/c1-3-20(14-7-5-4-6-8-14)17(21)13-19-10-9-16(22-2)11-15(19)12-18;/h4-8,15-16H,3,9-13,18H2,1-2H3;1H. The molecule has 1 heterocycles. The Balaban J connectivity index is 0.00000264. The van der Waals surface area contributed by atoms with Gasteiger partial charge in [-0.05, 0) is 31.9 Å². The second kappa shape index (κ2) is 9.88. The maximum Gasteiger partial charge on any atom is 0.241 e. The van der Waals surface area contributed by atoms with Crippen molar-refractivity contribution in [2.45, 2.75) is 31.9 Å². The van der Waals surface area contributed by atoms with Crippen LogP contribution in [0.4, 0.5) is 5.69 Å². The second-order valence-electron chi connectivity index (χ2n) is 5.72. The van der Waals surface area contributed by atoms with Crippen molar-refractivity contribution in [3.63, 3.8) is 0 Å². The summed E-state index contributed by atoms with van der Waals surface area (Å²) >= 11 is 0. The van der Waals surface area contributed by atoms with E-state index < -0.39 is 0 Å². The van der Waals surface area contributed by atoms with Crippen molar-refractivity contribution in [2.75, 3.05) is 38.2 Å². The van der Waals surface area contributed by atoms with E-state index in [-0.39, 0.29) is 30.5 Å². The molecule has 0 aliphatic carbocycles. The van der Waals surface area contributed by atoms with Crippen molar-refractivity contribution in [1.82, 2.24) is 4.90 Å². The lowest BCUT2D eigenvalue weighted by atomic mass is 9.99. The van der Waals surface area contributed by atoms with E-state index in [9.17, 15) is 4.79 Å². The lowest BCUT2D eigenvalue weighted by molar-refractivity contribution is -0.121. The van der Waals surface area contributed by atoms with Gasteiger partial charge in [-0.15, -0.1) is 12.4 Å². The van der Waals surface area contributed by atoms with Crippen molar-refractivity contribution in [3.05, 3.63) is 30.3 Å². The number of hydrogen-bond acceptors (Lipinski definition) is 4. The number of methoxy groups -OCH3 is 1. The molecule has 1 aliphatic heterocycles. The Hall–Kier alpha value is -1.14. The number of nitrogens with two attached hydrogens (primary N) is 1. The van der Waals surface area contributed by atoms with Gasteiger partial charge in [-0.25, -0.2) is 0 Å². The van der Waals surface area contributed by atoms with Gasteiger partial charge in [0.1, 0.15) is 0 Å². The molecule has 1 aromatic rings. The largest absolute Gasteiger partial charge is 0.381 e. The number of nitrogens with zero attached hydrogens (tertiary/aromatic N) is 2. The Morgan fingerprint density at radius 3 is 2.65 bits per heavy atom. The quantitative estimate of drug-likeness (QED) is 0.858. The number of rotatable bonds is 6. The fourth-order valence-electron chi connectivity index (χ4n) is 3.10. The molecule has 2 atom stereocenters. The van der Waals surface area contributed by atoms with E-state index >= 15 is 0 Å². The SMILES string of the molecule is CCN(C(=O)CN1CCC(OC)CC1CN)c1ccccc1.Cl. The number of ether oxygens (including phenoxy) is 1. The van der Waals surface area contributed by atoms with E-state index in [0.717, 1.165) is 25.1 Å². The van der Waals surface area contributed by atoms with E-state index in [1.54, 1.807) is 7.11 Å². The van der Waals surface area contributed by atoms with Crippen molar-refractivity contribution in [1.29, 1.82) is 0 Å². The van der Waals surface area contributed by atoms with E-state index in [1.165, 1.54) is 0 Å². The molecule has 0 radical (unpaired) electrons. The van der Waals surface area contributed by atoms with Gasteiger partial charge >= 0.3 is 0 Å². The van der Waals surface area contributed by atoms with Crippen LogP contribution in [0.2, 0.25) is 0 Å². The minimum absolute atomic E-state index is 0. The highest BCUT2D eigenvalue weighted by molar-refractivity contribution is 5.94. The molecule has 2 N–H and O–H groups in total. The van der Waals surface area contributed by atoms with Crippen LogP contribution < -0.4 is 10.6 Å². The molecular weight excluding hydrogens is 314 g/mol. The van der Waals surface area contributed by atoms with Gasteiger partial charge in [0, 0.05) is 38.5 Å². The molecule has 0 spiro atoms. The third kappa shape index (κ3) is 5.18. The smallest absolute Gasteiger partial charge is 0.241 e. The zero-order valence-electron chi connectivity index (χ0n) is 14.0. The normalized spacial score (nSPS) is 21.5. The summed E-state index contributed by atoms with van der Waals surface area (Å²) in [4.78, 5) is 16.7.